The second-order valence-electron chi connectivity index (χ2n) is 7.66. The van der Waals surface area contributed by atoms with Crippen molar-refractivity contribution >= 4 is 46.7 Å². The molecule has 0 N–H and O–H groups in total. The summed E-state index contributed by atoms with van der Waals surface area (Å²) < 4.78 is 4.96. The maximum atomic E-state index is 13.4. The SMILES string of the molecule is CCOC(=O)Cc1ccc(N2C(=O)c3c(Cl)ccc(CCc4ccccc4)c3C2=O)c(Cl)c1. The zero-order valence-electron chi connectivity index (χ0n) is 17.9. The minimum atomic E-state index is -0.512. The number of nitrogens with zero attached hydrogens (tertiary/aromatic N) is 1. The number of carbonyl (C=O) groups is 3. The van der Waals surface area contributed by atoms with Gasteiger partial charge < -0.3 is 4.74 Å². The van der Waals surface area contributed by atoms with Gasteiger partial charge in [-0.1, -0.05) is 65.7 Å². The van der Waals surface area contributed by atoms with Crippen molar-refractivity contribution in [3.63, 3.8) is 0 Å². The summed E-state index contributed by atoms with van der Waals surface area (Å²) in [5, 5.41) is 0.414. The molecular weight excluding hydrogens is 461 g/mol. The topological polar surface area (TPSA) is 63.7 Å². The number of rotatable bonds is 7. The van der Waals surface area contributed by atoms with Crippen molar-refractivity contribution in [2.75, 3.05) is 11.5 Å². The van der Waals surface area contributed by atoms with Gasteiger partial charge in [0.25, 0.3) is 11.8 Å². The molecule has 1 aliphatic rings. The third-order valence-electron chi connectivity index (χ3n) is 5.51. The molecule has 7 heteroatoms. The Morgan fingerprint density at radius 3 is 2.27 bits per heavy atom. The lowest BCUT2D eigenvalue weighted by Crippen LogP contribution is -2.30. The van der Waals surface area contributed by atoms with Gasteiger partial charge in [-0.3, -0.25) is 14.4 Å². The minimum absolute atomic E-state index is 0.0470. The van der Waals surface area contributed by atoms with Gasteiger partial charge in [0.2, 0.25) is 0 Å². The van der Waals surface area contributed by atoms with Gasteiger partial charge in [0.1, 0.15) is 0 Å². The van der Waals surface area contributed by atoms with E-state index in [1.54, 1.807) is 37.3 Å². The number of ether oxygens (including phenoxy) is 1. The van der Waals surface area contributed by atoms with E-state index in [4.69, 9.17) is 27.9 Å². The highest BCUT2D eigenvalue weighted by molar-refractivity contribution is 6.44. The zero-order chi connectivity index (χ0) is 23.5. The van der Waals surface area contributed by atoms with Crippen molar-refractivity contribution in [2.45, 2.75) is 26.2 Å². The first-order valence-electron chi connectivity index (χ1n) is 10.6. The average Bonchev–Trinajstić information content (AvgIpc) is 3.06. The molecule has 0 saturated heterocycles. The fraction of sp³-hybridized carbons (Fsp3) is 0.192. The zero-order valence-corrected chi connectivity index (χ0v) is 19.4. The molecule has 0 atom stereocenters. The number of anilines is 1. The Morgan fingerprint density at radius 1 is 0.848 bits per heavy atom. The molecule has 2 amide bonds. The smallest absolute Gasteiger partial charge is 0.310 e. The highest BCUT2D eigenvalue weighted by Gasteiger charge is 2.41. The van der Waals surface area contributed by atoms with Gasteiger partial charge in [-0.05, 0) is 54.7 Å². The maximum absolute atomic E-state index is 13.4. The van der Waals surface area contributed by atoms with E-state index in [9.17, 15) is 14.4 Å². The summed E-state index contributed by atoms with van der Waals surface area (Å²) in [6, 6.07) is 18.1. The number of amides is 2. The third-order valence-corrected chi connectivity index (χ3v) is 6.13. The average molecular weight is 482 g/mol. The van der Waals surface area contributed by atoms with Crippen LogP contribution in [0.2, 0.25) is 10.0 Å². The van der Waals surface area contributed by atoms with Crippen LogP contribution in [0, 0.1) is 0 Å². The maximum Gasteiger partial charge on any atom is 0.310 e. The number of benzene rings is 3. The molecule has 0 saturated carbocycles. The van der Waals surface area contributed by atoms with Crippen LogP contribution in [-0.4, -0.2) is 24.4 Å². The summed E-state index contributed by atoms with van der Waals surface area (Å²) in [7, 11) is 0. The second-order valence-corrected chi connectivity index (χ2v) is 8.47. The number of carbonyl (C=O) groups excluding carboxylic acids is 3. The van der Waals surface area contributed by atoms with Gasteiger partial charge in [-0.2, -0.15) is 0 Å². The summed E-state index contributed by atoms with van der Waals surface area (Å²) in [4.78, 5) is 39.5. The van der Waals surface area contributed by atoms with Crippen molar-refractivity contribution in [1.82, 2.24) is 0 Å². The molecule has 0 radical (unpaired) electrons. The first-order chi connectivity index (χ1) is 15.9. The van der Waals surface area contributed by atoms with Crippen LogP contribution >= 0.6 is 23.2 Å². The summed E-state index contributed by atoms with van der Waals surface area (Å²) >= 11 is 12.8. The van der Waals surface area contributed by atoms with Crippen molar-refractivity contribution < 1.29 is 19.1 Å². The van der Waals surface area contributed by atoms with Gasteiger partial charge in [0, 0.05) is 0 Å². The Morgan fingerprint density at radius 2 is 1.58 bits per heavy atom. The van der Waals surface area contributed by atoms with Gasteiger partial charge in [0.05, 0.1) is 39.9 Å². The number of hydrogen-bond acceptors (Lipinski definition) is 4. The molecule has 1 aliphatic heterocycles. The highest BCUT2D eigenvalue weighted by atomic mass is 35.5. The molecule has 0 aliphatic carbocycles. The second kappa shape index (κ2) is 9.77. The van der Waals surface area contributed by atoms with Crippen LogP contribution in [0.4, 0.5) is 5.69 Å². The van der Waals surface area contributed by atoms with Crippen LogP contribution in [0.3, 0.4) is 0 Å². The molecule has 4 rings (SSSR count). The predicted molar refractivity (Wildman–Crippen MR) is 128 cm³/mol. The predicted octanol–water partition coefficient (Wildman–Crippen LogP) is 5.68. The van der Waals surface area contributed by atoms with Gasteiger partial charge in [-0.25, -0.2) is 4.90 Å². The summed E-state index contributed by atoms with van der Waals surface area (Å²) in [5.74, 6) is -1.35. The van der Waals surface area contributed by atoms with E-state index in [1.807, 2.05) is 30.3 Å². The fourth-order valence-electron chi connectivity index (χ4n) is 3.96. The molecule has 0 unspecified atom stereocenters. The highest BCUT2D eigenvalue weighted by Crippen LogP contribution is 2.38. The van der Waals surface area contributed by atoms with Crippen molar-refractivity contribution in [2.24, 2.45) is 0 Å². The van der Waals surface area contributed by atoms with E-state index in [1.165, 1.54) is 0 Å². The molecule has 0 fully saturated rings. The number of halogens is 2. The molecule has 168 valence electrons. The largest absolute Gasteiger partial charge is 0.466 e. The van der Waals surface area contributed by atoms with Crippen molar-refractivity contribution in [3.8, 4) is 0 Å². The Bertz CT molecular complexity index is 1240. The summed E-state index contributed by atoms with van der Waals surface area (Å²) in [6.45, 7) is 2.02. The molecular formula is C26H21Cl2NO4. The minimum Gasteiger partial charge on any atom is -0.466 e. The summed E-state index contributed by atoms with van der Waals surface area (Å²) in [5.41, 5.74) is 3.28. The van der Waals surface area contributed by atoms with E-state index in [-0.39, 0.29) is 40.3 Å². The van der Waals surface area contributed by atoms with Gasteiger partial charge in [-0.15, -0.1) is 0 Å². The standard InChI is InChI=1S/C26H21Cl2NO4/c1-2-33-22(30)15-17-9-13-21(20(28)14-17)29-25(31)23-18(10-8-16-6-4-3-5-7-16)11-12-19(27)24(23)26(29)32/h3-7,9,11-14H,2,8,10,15H2,1H3. The molecule has 3 aromatic carbocycles. The van der Waals surface area contributed by atoms with Gasteiger partial charge >= 0.3 is 5.97 Å². The van der Waals surface area contributed by atoms with Crippen LogP contribution in [0.5, 0.6) is 0 Å². The summed E-state index contributed by atoms with van der Waals surface area (Å²) in [6.07, 6.45) is 1.35. The normalized spacial score (nSPS) is 12.8. The van der Waals surface area contributed by atoms with Crippen LogP contribution in [-0.2, 0) is 28.8 Å². The van der Waals surface area contributed by atoms with Crippen molar-refractivity contribution in [3.05, 3.63) is 98.5 Å². The molecule has 1 heterocycles. The first-order valence-corrected chi connectivity index (χ1v) is 11.3. The van der Waals surface area contributed by atoms with Crippen LogP contribution < -0.4 is 4.90 Å². The number of esters is 1. The van der Waals surface area contributed by atoms with E-state index in [2.05, 4.69) is 0 Å². The van der Waals surface area contributed by atoms with E-state index >= 15 is 0 Å². The van der Waals surface area contributed by atoms with E-state index < -0.39 is 11.8 Å². The molecule has 5 nitrogen and oxygen atoms in total. The number of fused-ring (bicyclic) bond motifs is 1. The van der Waals surface area contributed by atoms with Crippen LogP contribution in [0.15, 0.2) is 60.7 Å². The van der Waals surface area contributed by atoms with Crippen LogP contribution in [0.1, 0.15) is 44.3 Å². The monoisotopic (exact) mass is 481 g/mol. The Labute approximate surface area is 201 Å². The molecule has 0 spiro atoms. The van der Waals surface area contributed by atoms with Crippen molar-refractivity contribution in [1.29, 1.82) is 0 Å². The quantitative estimate of drug-likeness (QED) is 0.321. The lowest BCUT2D eigenvalue weighted by atomic mass is 9.97. The molecule has 33 heavy (non-hydrogen) atoms. The molecule has 0 bridgehead atoms. The Balaban J connectivity index is 1.64. The Hall–Kier alpha value is -3.15. The first kappa shape index (κ1) is 23.0. The van der Waals surface area contributed by atoms with Crippen LogP contribution in [0.25, 0.3) is 0 Å². The van der Waals surface area contributed by atoms with Gasteiger partial charge in [0.15, 0.2) is 0 Å². The lowest BCUT2D eigenvalue weighted by molar-refractivity contribution is -0.142. The van der Waals surface area contributed by atoms with E-state index in [0.717, 1.165) is 22.4 Å². The number of hydrogen-bond donors (Lipinski definition) is 0. The Kier molecular flexibility index (Phi) is 6.82. The van der Waals surface area contributed by atoms with E-state index in [0.29, 0.717) is 17.5 Å². The number of imide groups is 1. The molecule has 0 aromatic heterocycles. The lowest BCUT2D eigenvalue weighted by Gasteiger charge is -2.16. The molecule has 3 aromatic rings. The third kappa shape index (κ3) is 4.65. The fourth-order valence-corrected chi connectivity index (χ4v) is 4.49. The number of aryl methyl sites for hydroxylation is 2.